The lowest BCUT2D eigenvalue weighted by Crippen LogP contribution is -2.29. The first kappa shape index (κ1) is 13.8. The number of ether oxygens (including phenoxy) is 2. The highest BCUT2D eigenvalue weighted by atomic mass is 16.5. The van der Waals surface area contributed by atoms with Crippen LogP contribution in [0.25, 0.3) is 0 Å². The van der Waals surface area contributed by atoms with Crippen molar-refractivity contribution in [2.45, 2.75) is 25.9 Å². The van der Waals surface area contributed by atoms with E-state index in [9.17, 15) is 5.11 Å². The quantitative estimate of drug-likeness (QED) is 0.507. The van der Waals surface area contributed by atoms with E-state index >= 15 is 0 Å². The molecule has 0 aliphatic rings. The summed E-state index contributed by atoms with van der Waals surface area (Å²) in [5.74, 6) is 0. The molecular weight excluding hydrogens is 182 g/mol. The van der Waals surface area contributed by atoms with E-state index in [1.165, 1.54) is 0 Å². The Morgan fingerprint density at radius 2 is 2.07 bits per heavy atom. The van der Waals surface area contributed by atoms with Crippen LogP contribution in [0.5, 0.6) is 0 Å². The smallest absolute Gasteiger partial charge is 0.0700 e. The van der Waals surface area contributed by atoms with Crippen molar-refractivity contribution in [3.8, 4) is 0 Å². The van der Waals surface area contributed by atoms with Gasteiger partial charge in [0.2, 0.25) is 0 Å². The molecule has 0 fully saturated rings. The fraction of sp³-hybridized carbons (Fsp3) is 1.00. The van der Waals surface area contributed by atoms with E-state index in [0.717, 1.165) is 19.4 Å². The molecule has 0 radical (unpaired) electrons. The van der Waals surface area contributed by atoms with Crippen LogP contribution in [-0.4, -0.2) is 51.2 Å². The third kappa shape index (κ3) is 9.92. The maximum Gasteiger partial charge on any atom is 0.0700 e. The molecule has 0 aliphatic heterocycles. The van der Waals surface area contributed by atoms with Gasteiger partial charge in [-0.2, -0.15) is 0 Å². The second kappa shape index (κ2) is 10.9. The molecule has 14 heavy (non-hydrogen) atoms. The summed E-state index contributed by atoms with van der Waals surface area (Å²) in [5, 5.41) is 12.5. The largest absolute Gasteiger partial charge is 0.392 e. The van der Waals surface area contributed by atoms with Crippen LogP contribution in [0.15, 0.2) is 0 Å². The van der Waals surface area contributed by atoms with Gasteiger partial charge in [0.1, 0.15) is 0 Å². The maximum atomic E-state index is 9.37. The van der Waals surface area contributed by atoms with E-state index in [-0.39, 0.29) is 6.10 Å². The molecule has 0 aromatic heterocycles. The van der Waals surface area contributed by atoms with E-state index in [2.05, 4.69) is 12.2 Å². The summed E-state index contributed by atoms with van der Waals surface area (Å²) in [6.07, 6.45) is 1.66. The first-order valence-corrected chi connectivity index (χ1v) is 5.26. The van der Waals surface area contributed by atoms with E-state index in [1.54, 1.807) is 7.11 Å². The lowest BCUT2D eigenvalue weighted by molar-refractivity contribution is 0.0701. The average molecular weight is 205 g/mol. The first-order valence-electron chi connectivity index (χ1n) is 5.26. The molecule has 0 saturated heterocycles. The van der Waals surface area contributed by atoms with Gasteiger partial charge in [0.25, 0.3) is 0 Å². The molecule has 0 aromatic carbocycles. The molecular formula is C10H23NO3. The van der Waals surface area contributed by atoms with Crippen molar-refractivity contribution in [1.29, 1.82) is 0 Å². The normalized spacial score (nSPS) is 13.1. The topological polar surface area (TPSA) is 50.7 Å². The van der Waals surface area contributed by atoms with Gasteiger partial charge in [0, 0.05) is 20.2 Å². The number of rotatable bonds is 10. The molecule has 0 saturated carbocycles. The maximum absolute atomic E-state index is 9.37. The summed E-state index contributed by atoms with van der Waals surface area (Å²) in [7, 11) is 1.66. The van der Waals surface area contributed by atoms with Gasteiger partial charge in [-0.1, -0.05) is 13.3 Å². The molecule has 0 rings (SSSR count). The molecule has 0 aliphatic carbocycles. The van der Waals surface area contributed by atoms with Crippen LogP contribution in [0.3, 0.4) is 0 Å². The second-order valence-electron chi connectivity index (χ2n) is 3.25. The Kier molecular flexibility index (Phi) is 10.8. The van der Waals surface area contributed by atoms with Gasteiger partial charge in [-0.25, -0.2) is 0 Å². The molecule has 2 N–H and O–H groups in total. The Labute approximate surface area is 86.6 Å². The standard InChI is InChI=1S/C10H23NO3/c1-3-4-10(12)9-11-5-6-14-8-7-13-2/h10-12H,3-9H2,1-2H3. The summed E-state index contributed by atoms with van der Waals surface area (Å²) >= 11 is 0. The molecule has 0 bridgehead atoms. The molecule has 0 heterocycles. The van der Waals surface area contributed by atoms with Crippen molar-refractivity contribution in [2.75, 3.05) is 40.0 Å². The lowest BCUT2D eigenvalue weighted by atomic mass is 10.2. The summed E-state index contributed by atoms with van der Waals surface area (Å²) in [4.78, 5) is 0. The molecule has 4 heteroatoms. The van der Waals surface area contributed by atoms with Gasteiger partial charge in [-0.15, -0.1) is 0 Å². The van der Waals surface area contributed by atoms with E-state index in [0.29, 0.717) is 26.4 Å². The predicted octanol–water partition coefficient (Wildman–Crippen LogP) is 0.400. The number of hydrogen-bond donors (Lipinski definition) is 2. The molecule has 0 spiro atoms. The highest BCUT2D eigenvalue weighted by Gasteiger charge is 2.00. The molecule has 4 nitrogen and oxygen atoms in total. The fourth-order valence-electron chi connectivity index (χ4n) is 1.09. The minimum absolute atomic E-state index is 0.223. The predicted molar refractivity (Wildman–Crippen MR) is 56.5 cm³/mol. The van der Waals surface area contributed by atoms with Gasteiger partial charge in [-0.05, 0) is 6.42 Å². The average Bonchev–Trinajstić information content (AvgIpc) is 2.17. The zero-order chi connectivity index (χ0) is 10.6. The second-order valence-corrected chi connectivity index (χ2v) is 3.25. The van der Waals surface area contributed by atoms with Crippen molar-refractivity contribution >= 4 is 0 Å². The van der Waals surface area contributed by atoms with Crippen molar-refractivity contribution in [3.05, 3.63) is 0 Å². The SMILES string of the molecule is CCCC(O)CNCCOCCOC. The van der Waals surface area contributed by atoms with Crippen LogP contribution >= 0.6 is 0 Å². The monoisotopic (exact) mass is 205 g/mol. The number of nitrogens with one attached hydrogen (secondary N) is 1. The molecule has 1 atom stereocenters. The fourth-order valence-corrected chi connectivity index (χ4v) is 1.09. The van der Waals surface area contributed by atoms with Crippen molar-refractivity contribution in [1.82, 2.24) is 5.32 Å². The number of aliphatic hydroxyl groups is 1. The zero-order valence-electron chi connectivity index (χ0n) is 9.29. The molecule has 86 valence electrons. The minimum Gasteiger partial charge on any atom is -0.392 e. The van der Waals surface area contributed by atoms with Crippen molar-refractivity contribution in [3.63, 3.8) is 0 Å². The first-order chi connectivity index (χ1) is 6.81. The Hall–Kier alpha value is -0.160. The Bertz CT molecular complexity index is 112. The van der Waals surface area contributed by atoms with E-state index in [4.69, 9.17) is 9.47 Å². The minimum atomic E-state index is -0.223. The van der Waals surface area contributed by atoms with Crippen LogP contribution in [0, 0.1) is 0 Å². The van der Waals surface area contributed by atoms with Crippen LogP contribution in [-0.2, 0) is 9.47 Å². The Morgan fingerprint density at radius 1 is 1.29 bits per heavy atom. The van der Waals surface area contributed by atoms with Gasteiger partial charge >= 0.3 is 0 Å². The third-order valence-corrected chi connectivity index (χ3v) is 1.86. The molecule has 0 amide bonds. The van der Waals surface area contributed by atoms with Gasteiger partial charge in [-0.3, -0.25) is 0 Å². The van der Waals surface area contributed by atoms with Gasteiger partial charge in [0.05, 0.1) is 25.9 Å². The highest BCUT2D eigenvalue weighted by Crippen LogP contribution is 1.93. The summed E-state index contributed by atoms with van der Waals surface area (Å²) in [5.41, 5.74) is 0. The Balaban J connectivity index is 2.98. The number of hydrogen-bond acceptors (Lipinski definition) is 4. The zero-order valence-corrected chi connectivity index (χ0v) is 9.29. The van der Waals surface area contributed by atoms with Crippen LogP contribution in [0.4, 0.5) is 0 Å². The highest BCUT2D eigenvalue weighted by molar-refractivity contribution is 4.57. The lowest BCUT2D eigenvalue weighted by Gasteiger charge is -2.10. The Morgan fingerprint density at radius 3 is 2.71 bits per heavy atom. The van der Waals surface area contributed by atoms with Gasteiger partial charge < -0.3 is 19.9 Å². The van der Waals surface area contributed by atoms with Crippen molar-refractivity contribution in [2.24, 2.45) is 0 Å². The summed E-state index contributed by atoms with van der Waals surface area (Å²) < 4.78 is 10.1. The van der Waals surface area contributed by atoms with Gasteiger partial charge in [0.15, 0.2) is 0 Å². The summed E-state index contributed by atoms with van der Waals surface area (Å²) in [6, 6.07) is 0. The van der Waals surface area contributed by atoms with E-state index < -0.39 is 0 Å². The molecule has 1 unspecified atom stereocenters. The molecule has 0 aromatic rings. The van der Waals surface area contributed by atoms with Crippen LogP contribution < -0.4 is 5.32 Å². The summed E-state index contributed by atoms with van der Waals surface area (Å²) in [6.45, 7) is 5.44. The van der Waals surface area contributed by atoms with E-state index in [1.807, 2.05) is 0 Å². The number of methoxy groups -OCH3 is 1. The van der Waals surface area contributed by atoms with Crippen LogP contribution in [0.1, 0.15) is 19.8 Å². The number of aliphatic hydroxyl groups excluding tert-OH is 1. The third-order valence-electron chi connectivity index (χ3n) is 1.86. The van der Waals surface area contributed by atoms with Crippen LogP contribution in [0.2, 0.25) is 0 Å². The van der Waals surface area contributed by atoms with Crippen molar-refractivity contribution < 1.29 is 14.6 Å².